The van der Waals surface area contributed by atoms with Gasteiger partial charge in [0.25, 0.3) is 0 Å². The molecular weight excluding hydrogens is 404 g/mol. The maximum absolute atomic E-state index is 6.02. The second-order valence-electron chi connectivity index (χ2n) is 6.69. The van der Waals surface area contributed by atoms with E-state index in [4.69, 9.17) is 21.3 Å². The number of benzene rings is 2. The summed E-state index contributed by atoms with van der Waals surface area (Å²) in [7, 11) is 0. The highest BCUT2D eigenvalue weighted by atomic mass is 35.5. The monoisotopic (exact) mass is 424 g/mol. The second-order valence-corrected chi connectivity index (χ2v) is 8.16. The molecule has 148 valence electrons. The van der Waals surface area contributed by atoms with E-state index in [2.05, 4.69) is 15.3 Å². The van der Waals surface area contributed by atoms with E-state index >= 15 is 0 Å². The number of fused-ring (bicyclic) bond motifs is 1. The van der Waals surface area contributed by atoms with Crippen molar-refractivity contribution >= 4 is 44.1 Å². The van der Waals surface area contributed by atoms with Gasteiger partial charge in [-0.1, -0.05) is 35.1 Å². The number of nitrogens with one attached hydrogen (secondary N) is 1. The van der Waals surface area contributed by atoms with Crippen LogP contribution in [0.1, 0.15) is 29.6 Å². The number of halogens is 1. The predicted octanol–water partition coefficient (Wildman–Crippen LogP) is 6.09. The zero-order valence-corrected chi connectivity index (χ0v) is 18.1. The normalized spacial score (nSPS) is 11.0. The molecule has 4 rings (SSSR count). The quantitative estimate of drug-likeness (QED) is 0.405. The summed E-state index contributed by atoms with van der Waals surface area (Å²) in [5.74, 6) is 2.37. The van der Waals surface area contributed by atoms with E-state index in [0.29, 0.717) is 13.0 Å². The van der Waals surface area contributed by atoms with Crippen LogP contribution in [0.3, 0.4) is 0 Å². The smallest absolute Gasteiger partial charge is 0.189 e. The molecule has 0 bridgehead atoms. The maximum atomic E-state index is 6.02. The Hall–Kier alpha value is -2.70. The molecule has 0 amide bonds. The fraction of sp³-hybridized carbons (Fsp3) is 0.227. The molecule has 0 saturated carbocycles. The van der Waals surface area contributed by atoms with E-state index in [1.807, 2.05) is 63.2 Å². The molecule has 0 unspecified atom stereocenters. The van der Waals surface area contributed by atoms with Crippen molar-refractivity contribution in [3.05, 3.63) is 70.1 Å². The van der Waals surface area contributed by atoms with Crippen molar-refractivity contribution in [2.45, 2.75) is 27.2 Å². The predicted molar refractivity (Wildman–Crippen MR) is 120 cm³/mol. The van der Waals surface area contributed by atoms with Crippen LogP contribution in [-0.2, 0) is 6.42 Å². The highest BCUT2D eigenvalue weighted by molar-refractivity contribution is 7.22. The minimum absolute atomic E-state index is 0.642. The van der Waals surface area contributed by atoms with Gasteiger partial charge in [0.1, 0.15) is 17.4 Å². The number of hydrogen-bond donors (Lipinski definition) is 1. The Morgan fingerprint density at radius 3 is 2.59 bits per heavy atom. The maximum Gasteiger partial charge on any atom is 0.189 e. The molecule has 29 heavy (non-hydrogen) atoms. The van der Waals surface area contributed by atoms with Crippen molar-refractivity contribution in [2.75, 3.05) is 11.9 Å². The Labute approximate surface area is 178 Å². The summed E-state index contributed by atoms with van der Waals surface area (Å²) < 4.78 is 6.66. The van der Waals surface area contributed by atoms with Gasteiger partial charge in [0.05, 0.1) is 16.8 Å². The third-order valence-electron chi connectivity index (χ3n) is 4.52. The Morgan fingerprint density at radius 2 is 1.83 bits per heavy atom. The summed E-state index contributed by atoms with van der Waals surface area (Å²) in [5, 5.41) is 4.94. The first-order chi connectivity index (χ1) is 14.0. The van der Waals surface area contributed by atoms with Gasteiger partial charge in [0, 0.05) is 22.7 Å². The molecule has 2 aromatic heterocycles. The highest BCUT2D eigenvalue weighted by Gasteiger charge is 2.14. The largest absolute Gasteiger partial charge is 0.494 e. The summed E-state index contributed by atoms with van der Waals surface area (Å²) in [6, 6.07) is 13.8. The van der Waals surface area contributed by atoms with E-state index in [1.165, 1.54) is 0 Å². The average Bonchev–Trinajstić information content (AvgIpc) is 3.08. The fourth-order valence-electron chi connectivity index (χ4n) is 3.17. The molecule has 4 aromatic rings. The van der Waals surface area contributed by atoms with Gasteiger partial charge in [-0.15, -0.1) is 0 Å². The van der Waals surface area contributed by atoms with E-state index in [0.717, 1.165) is 54.6 Å². The Bertz CT molecular complexity index is 1160. The van der Waals surface area contributed by atoms with Crippen LogP contribution in [0.2, 0.25) is 5.02 Å². The van der Waals surface area contributed by atoms with E-state index in [-0.39, 0.29) is 0 Å². The van der Waals surface area contributed by atoms with Gasteiger partial charge >= 0.3 is 0 Å². The molecular formula is C22H21ClN4OS. The van der Waals surface area contributed by atoms with Gasteiger partial charge in [0.2, 0.25) is 0 Å². The van der Waals surface area contributed by atoms with Crippen LogP contribution in [0.15, 0.2) is 42.5 Å². The topological polar surface area (TPSA) is 59.9 Å². The van der Waals surface area contributed by atoms with Crippen LogP contribution >= 0.6 is 22.9 Å². The molecule has 0 aliphatic rings. The number of anilines is 2. The minimum atomic E-state index is 0.642. The van der Waals surface area contributed by atoms with E-state index < -0.39 is 0 Å². The average molecular weight is 425 g/mol. The van der Waals surface area contributed by atoms with Crippen molar-refractivity contribution in [3.8, 4) is 5.75 Å². The van der Waals surface area contributed by atoms with E-state index in [1.54, 1.807) is 11.3 Å². The van der Waals surface area contributed by atoms with E-state index in [9.17, 15) is 0 Å². The van der Waals surface area contributed by atoms with Gasteiger partial charge in [-0.2, -0.15) is 0 Å². The SMILES string of the molecule is CCOc1ccc2nc(Nc3nc(C)nc(C)c3Cc3ccc(Cl)cc3)sc2c1. The highest BCUT2D eigenvalue weighted by Crippen LogP contribution is 2.32. The molecule has 0 saturated heterocycles. The first kappa shape index (κ1) is 19.6. The van der Waals surface area contributed by atoms with Crippen LogP contribution < -0.4 is 10.1 Å². The summed E-state index contributed by atoms with van der Waals surface area (Å²) in [6.07, 6.45) is 0.713. The molecule has 0 aliphatic heterocycles. The molecule has 2 heterocycles. The third kappa shape index (κ3) is 4.49. The summed E-state index contributed by atoms with van der Waals surface area (Å²) in [6.45, 7) is 6.53. The van der Waals surface area contributed by atoms with Crippen molar-refractivity contribution in [2.24, 2.45) is 0 Å². The zero-order chi connectivity index (χ0) is 20.4. The van der Waals surface area contributed by atoms with Gasteiger partial charge < -0.3 is 10.1 Å². The van der Waals surface area contributed by atoms with Gasteiger partial charge in [-0.05, 0) is 56.7 Å². The van der Waals surface area contributed by atoms with Crippen LogP contribution in [0.4, 0.5) is 10.9 Å². The summed E-state index contributed by atoms with van der Waals surface area (Å²) in [4.78, 5) is 13.9. The molecule has 0 spiro atoms. The summed E-state index contributed by atoms with van der Waals surface area (Å²) >= 11 is 7.60. The zero-order valence-electron chi connectivity index (χ0n) is 16.5. The molecule has 2 aromatic carbocycles. The van der Waals surface area contributed by atoms with Gasteiger partial charge in [-0.3, -0.25) is 0 Å². The number of nitrogens with zero attached hydrogens (tertiary/aromatic N) is 3. The fourth-order valence-corrected chi connectivity index (χ4v) is 4.19. The molecule has 5 nitrogen and oxygen atoms in total. The number of aromatic nitrogens is 3. The first-order valence-electron chi connectivity index (χ1n) is 9.41. The Balaban J connectivity index is 1.67. The first-order valence-corrected chi connectivity index (χ1v) is 10.6. The number of rotatable bonds is 6. The van der Waals surface area contributed by atoms with Crippen molar-refractivity contribution < 1.29 is 4.74 Å². The Kier molecular flexibility index (Phi) is 5.65. The van der Waals surface area contributed by atoms with Crippen molar-refractivity contribution in [3.63, 3.8) is 0 Å². The molecule has 0 aliphatic carbocycles. The van der Waals surface area contributed by atoms with Crippen molar-refractivity contribution in [1.29, 1.82) is 0 Å². The van der Waals surface area contributed by atoms with Gasteiger partial charge in [-0.25, -0.2) is 15.0 Å². The number of ether oxygens (including phenoxy) is 1. The molecule has 0 fully saturated rings. The van der Waals surface area contributed by atoms with Crippen LogP contribution in [0.25, 0.3) is 10.2 Å². The lowest BCUT2D eigenvalue weighted by molar-refractivity contribution is 0.341. The Morgan fingerprint density at radius 1 is 1.03 bits per heavy atom. The lowest BCUT2D eigenvalue weighted by Gasteiger charge is -2.13. The third-order valence-corrected chi connectivity index (χ3v) is 5.70. The van der Waals surface area contributed by atoms with Crippen LogP contribution in [0, 0.1) is 13.8 Å². The summed E-state index contributed by atoms with van der Waals surface area (Å²) in [5.41, 5.74) is 4.09. The number of hydrogen-bond acceptors (Lipinski definition) is 6. The lowest BCUT2D eigenvalue weighted by Crippen LogP contribution is -2.06. The number of thiazole rings is 1. The molecule has 7 heteroatoms. The number of aryl methyl sites for hydroxylation is 2. The standard InChI is InChI=1S/C22H21ClN4OS/c1-4-28-17-9-10-19-20(12-17)29-22(26-19)27-21-18(13(2)24-14(3)25-21)11-15-5-7-16(23)8-6-15/h5-10,12H,4,11H2,1-3H3,(H,24,25,26,27). The van der Waals surface area contributed by atoms with Crippen LogP contribution in [0.5, 0.6) is 5.75 Å². The minimum Gasteiger partial charge on any atom is -0.494 e. The van der Waals surface area contributed by atoms with Crippen molar-refractivity contribution in [1.82, 2.24) is 15.0 Å². The molecule has 0 atom stereocenters. The van der Waals surface area contributed by atoms with Crippen LogP contribution in [-0.4, -0.2) is 21.6 Å². The molecule has 1 N–H and O–H groups in total. The molecule has 0 radical (unpaired) electrons. The van der Waals surface area contributed by atoms with Gasteiger partial charge in [0.15, 0.2) is 5.13 Å². The second kappa shape index (κ2) is 8.35. The lowest BCUT2D eigenvalue weighted by atomic mass is 10.0.